The molecular formula is C4H10N2O3. The van der Waals surface area contributed by atoms with Crippen LogP contribution in [-0.2, 0) is 9.59 Å². The van der Waals surface area contributed by atoms with E-state index in [2.05, 4.69) is 5.32 Å². The van der Waals surface area contributed by atoms with E-state index in [1.165, 1.54) is 6.92 Å². The molecule has 0 saturated heterocycles. The van der Waals surface area contributed by atoms with E-state index in [1.807, 2.05) is 0 Å². The van der Waals surface area contributed by atoms with Crippen LogP contribution in [0.5, 0.6) is 0 Å². The normalized spacial score (nSPS) is 7.22. The highest BCUT2D eigenvalue weighted by atomic mass is 16.4. The Morgan fingerprint density at radius 1 is 1.56 bits per heavy atom. The highest BCUT2D eigenvalue weighted by Gasteiger charge is 1.94. The van der Waals surface area contributed by atoms with Crippen LogP contribution >= 0.6 is 0 Å². The summed E-state index contributed by atoms with van der Waals surface area (Å²) < 4.78 is 0. The van der Waals surface area contributed by atoms with E-state index in [-0.39, 0.29) is 18.6 Å². The summed E-state index contributed by atoms with van der Waals surface area (Å²) in [6, 6.07) is 0. The lowest BCUT2D eigenvalue weighted by atomic mass is 10.6. The van der Waals surface area contributed by atoms with Crippen LogP contribution in [0.2, 0.25) is 0 Å². The van der Waals surface area contributed by atoms with Gasteiger partial charge in [-0.3, -0.25) is 9.59 Å². The van der Waals surface area contributed by atoms with E-state index in [0.717, 1.165) is 0 Å². The molecule has 54 valence electrons. The molecule has 0 aliphatic rings. The van der Waals surface area contributed by atoms with Crippen molar-refractivity contribution >= 4 is 11.9 Å². The number of hydrogen-bond donors (Lipinski definition) is 3. The summed E-state index contributed by atoms with van der Waals surface area (Å²) in [7, 11) is 0. The van der Waals surface area contributed by atoms with Crippen LogP contribution in [0.15, 0.2) is 0 Å². The Bertz CT molecular complexity index is 98.4. The summed E-state index contributed by atoms with van der Waals surface area (Å²) in [5, 5.41) is 10.1. The Labute approximate surface area is 52.6 Å². The van der Waals surface area contributed by atoms with Gasteiger partial charge in [0.15, 0.2) is 0 Å². The topological polar surface area (TPSA) is 101 Å². The van der Waals surface area contributed by atoms with Crippen molar-refractivity contribution in [2.45, 2.75) is 6.92 Å². The lowest BCUT2D eigenvalue weighted by molar-refractivity contribution is -0.137. The first-order valence-electron chi connectivity index (χ1n) is 2.09. The summed E-state index contributed by atoms with van der Waals surface area (Å²) in [4.78, 5) is 19.7. The average molecular weight is 134 g/mol. The first kappa shape index (κ1) is 10.8. The molecule has 0 atom stereocenters. The molecular weight excluding hydrogens is 124 g/mol. The van der Waals surface area contributed by atoms with Crippen LogP contribution in [0.3, 0.4) is 0 Å². The number of carbonyl (C=O) groups is 2. The van der Waals surface area contributed by atoms with Gasteiger partial charge in [-0.25, -0.2) is 0 Å². The van der Waals surface area contributed by atoms with Gasteiger partial charge in [-0.05, 0) is 0 Å². The minimum absolute atomic E-state index is 0. The summed E-state index contributed by atoms with van der Waals surface area (Å²) in [6.07, 6.45) is 0. The third kappa shape index (κ3) is 10.9. The van der Waals surface area contributed by atoms with Crippen molar-refractivity contribution in [1.29, 1.82) is 0 Å². The Balaban J connectivity index is 0. The Morgan fingerprint density at radius 3 is 2.11 bits per heavy atom. The van der Waals surface area contributed by atoms with Gasteiger partial charge in [0.25, 0.3) is 0 Å². The largest absolute Gasteiger partial charge is 0.480 e. The van der Waals surface area contributed by atoms with E-state index >= 15 is 0 Å². The molecule has 0 unspecified atom stereocenters. The van der Waals surface area contributed by atoms with Gasteiger partial charge in [0.2, 0.25) is 5.91 Å². The number of carboxylic acid groups (broad SMARTS) is 1. The fourth-order valence-corrected chi connectivity index (χ4v) is 0.200. The SMILES string of the molecule is CC(=O)NCC(=O)O.N. The molecule has 0 fully saturated rings. The second kappa shape index (κ2) is 5.04. The van der Waals surface area contributed by atoms with Gasteiger partial charge in [0.1, 0.15) is 6.54 Å². The molecule has 0 rings (SSSR count). The van der Waals surface area contributed by atoms with Gasteiger partial charge in [-0.1, -0.05) is 0 Å². The van der Waals surface area contributed by atoms with Crippen molar-refractivity contribution in [2.24, 2.45) is 0 Å². The maximum atomic E-state index is 9.97. The van der Waals surface area contributed by atoms with E-state index < -0.39 is 5.97 Å². The van der Waals surface area contributed by atoms with Crippen molar-refractivity contribution in [3.63, 3.8) is 0 Å². The third-order valence-corrected chi connectivity index (χ3v) is 0.489. The fourth-order valence-electron chi connectivity index (χ4n) is 0.200. The van der Waals surface area contributed by atoms with Crippen molar-refractivity contribution < 1.29 is 14.7 Å². The Morgan fingerprint density at radius 2 is 2.00 bits per heavy atom. The molecule has 9 heavy (non-hydrogen) atoms. The number of hydrogen-bond acceptors (Lipinski definition) is 3. The zero-order valence-electron chi connectivity index (χ0n) is 5.18. The van der Waals surface area contributed by atoms with Crippen LogP contribution in [-0.4, -0.2) is 23.5 Å². The molecule has 5 heteroatoms. The predicted octanol–water partition coefficient (Wildman–Crippen LogP) is -0.631. The van der Waals surface area contributed by atoms with Crippen LogP contribution in [0, 0.1) is 0 Å². The predicted molar refractivity (Wildman–Crippen MR) is 31.3 cm³/mol. The highest BCUT2D eigenvalue weighted by molar-refractivity contribution is 5.79. The molecule has 5 nitrogen and oxygen atoms in total. The maximum Gasteiger partial charge on any atom is 0.322 e. The van der Waals surface area contributed by atoms with E-state index in [4.69, 9.17) is 5.11 Å². The molecule has 1 amide bonds. The fraction of sp³-hybridized carbons (Fsp3) is 0.500. The van der Waals surface area contributed by atoms with Crippen molar-refractivity contribution in [2.75, 3.05) is 6.54 Å². The Kier molecular flexibility index (Phi) is 6.06. The van der Waals surface area contributed by atoms with Crippen molar-refractivity contribution in [1.82, 2.24) is 11.5 Å². The molecule has 5 N–H and O–H groups in total. The van der Waals surface area contributed by atoms with E-state index in [0.29, 0.717) is 0 Å². The molecule has 0 bridgehead atoms. The molecule has 0 saturated carbocycles. The smallest absolute Gasteiger partial charge is 0.322 e. The molecule has 0 radical (unpaired) electrons. The lowest BCUT2D eigenvalue weighted by Crippen LogP contribution is -2.26. The van der Waals surface area contributed by atoms with Crippen molar-refractivity contribution in [3.05, 3.63) is 0 Å². The molecule has 0 heterocycles. The molecule has 0 spiro atoms. The molecule has 0 aromatic rings. The third-order valence-electron chi connectivity index (χ3n) is 0.489. The van der Waals surface area contributed by atoms with Crippen LogP contribution < -0.4 is 11.5 Å². The van der Waals surface area contributed by atoms with Crippen LogP contribution in [0.4, 0.5) is 0 Å². The molecule has 0 aliphatic carbocycles. The first-order valence-corrected chi connectivity index (χ1v) is 2.09. The highest BCUT2D eigenvalue weighted by Crippen LogP contribution is 1.60. The average Bonchev–Trinajstić information content (AvgIpc) is 1.61. The van der Waals surface area contributed by atoms with Gasteiger partial charge in [-0.15, -0.1) is 0 Å². The number of carbonyl (C=O) groups excluding carboxylic acids is 1. The molecule has 0 aromatic carbocycles. The maximum absolute atomic E-state index is 9.97. The monoisotopic (exact) mass is 134 g/mol. The minimum atomic E-state index is -1.03. The van der Waals surface area contributed by atoms with Gasteiger partial charge in [-0.2, -0.15) is 0 Å². The van der Waals surface area contributed by atoms with E-state index in [1.54, 1.807) is 0 Å². The van der Waals surface area contributed by atoms with Crippen molar-refractivity contribution in [3.8, 4) is 0 Å². The second-order valence-electron chi connectivity index (χ2n) is 1.30. The first-order chi connectivity index (χ1) is 3.63. The van der Waals surface area contributed by atoms with Crippen LogP contribution in [0.1, 0.15) is 6.92 Å². The number of amides is 1. The standard InChI is InChI=1S/C4H7NO3.H3N/c1-3(6)5-2-4(7)8;/h2H2,1H3,(H,5,6)(H,7,8);1H3. The zero-order valence-corrected chi connectivity index (χ0v) is 5.18. The second-order valence-corrected chi connectivity index (χ2v) is 1.30. The van der Waals surface area contributed by atoms with E-state index in [9.17, 15) is 9.59 Å². The summed E-state index contributed by atoms with van der Waals surface area (Å²) in [5.41, 5.74) is 0. The molecule has 0 aliphatic heterocycles. The molecule has 0 aromatic heterocycles. The number of aliphatic carboxylic acids is 1. The zero-order chi connectivity index (χ0) is 6.57. The quantitative estimate of drug-likeness (QED) is 0.468. The van der Waals surface area contributed by atoms with Crippen LogP contribution in [0.25, 0.3) is 0 Å². The number of nitrogens with one attached hydrogen (secondary N) is 1. The minimum Gasteiger partial charge on any atom is -0.480 e. The van der Waals surface area contributed by atoms with Gasteiger partial charge < -0.3 is 16.6 Å². The van der Waals surface area contributed by atoms with Gasteiger partial charge in [0.05, 0.1) is 0 Å². The Hall–Kier alpha value is -1.10. The van der Waals surface area contributed by atoms with Gasteiger partial charge in [0, 0.05) is 6.92 Å². The summed E-state index contributed by atoms with van der Waals surface area (Å²) in [6.45, 7) is 0.971. The number of carboxylic acids is 1. The number of rotatable bonds is 2. The lowest BCUT2D eigenvalue weighted by Gasteiger charge is -1.92. The summed E-state index contributed by atoms with van der Waals surface area (Å²) in [5.74, 6) is -1.35. The summed E-state index contributed by atoms with van der Waals surface area (Å²) >= 11 is 0. The van der Waals surface area contributed by atoms with Gasteiger partial charge >= 0.3 is 5.97 Å².